The van der Waals surface area contributed by atoms with Gasteiger partial charge in [0.05, 0.1) is 29.0 Å². The standard InChI is InChI=1S/C29H36N6O2S/c1-16-8-20-9-23(24(34(4)5)11-22(20)30-12-16)33-27-26-21-7-6-19(10-25(21)38-28(26)32-15-31-27)29(36)35-13-17(2)37-18(3)14-35/h8-9,11,15,17-19,30H,6-7,10,12-14H2,1-5H3,(H,31,32,33). The van der Waals surface area contributed by atoms with Crippen LogP contribution in [-0.2, 0) is 22.4 Å². The monoisotopic (exact) mass is 532 g/mol. The lowest BCUT2D eigenvalue weighted by Crippen LogP contribution is -2.50. The number of hydrogen-bond acceptors (Lipinski definition) is 8. The Morgan fingerprint density at radius 3 is 2.76 bits per heavy atom. The molecule has 200 valence electrons. The Bertz CT molecular complexity index is 1420. The lowest BCUT2D eigenvalue weighted by Gasteiger charge is -2.37. The van der Waals surface area contributed by atoms with Gasteiger partial charge in [-0.05, 0) is 63.3 Å². The van der Waals surface area contributed by atoms with Crippen LogP contribution < -0.4 is 15.5 Å². The van der Waals surface area contributed by atoms with Crippen molar-refractivity contribution in [3.8, 4) is 0 Å². The van der Waals surface area contributed by atoms with Crippen LogP contribution in [0, 0.1) is 5.92 Å². The largest absolute Gasteiger partial charge is 0.381 e. The van der Waals surface area contributed by atoms with Crippen molar-refractivity contribution < 1.29 is 9.53 Å². The van der Waals surface area contributed by atoms with E-state index in [9.17, 15) is 4.79 Å². The number of fused-ring (bicyclic) bond motifs is 4. The quantitative estimate of drug-likeness (QED) is 0.485. The number of thiophene rings is 1. The molecule has 3 aromatic rings. The summed E-state index contributed by atoms with van der Waals surface area (Å²) >= 11 is 1.71. The van der Waals surface area contributed by atoms with Gasteiger partial charge in [0, 0.05) is 50.2 Å². The van der Waals surface area contributed by atoms with Crippen LogP contribution >= 0.6 is 11.3 Å². The Morgan fingerprint density at radius 1 is 1.21 bits per heavy atom. The maximum atomic E-state index is 13.4. The number of aryl methyl sites for hydroxylation is 1. The van der Waals surface area contributed by atoms with Crippen LogP contribution in [-0.4, -0.2) is 66.7 Å². The number of carbonyl (C=O) groups is 1. The van der Waals surface area contributed by atoms with E-state index >= 15 is 0 Å². The number of nitrogens with one attached hydrogen (secondary N) is 2. The predicted octanol–water partition coefficient (Wildman–Crippen LogP) is 5.07. The number of anilines is 4. The molecule has 1 amide bonds. The van der Waals surface area contributed by atoms with Gasteiger partial charge in [0.1, 0.15) is 17.0 Å². The zero-order chi connectivity index (χ0) is 26.6. The molecule has 6 rings (SSSR count). The van der Waals surface area contributed by atoms with Crippen LogP contribution in [0.25, 0.3) is 16.3 Å². The second-order valence-corrected chi connectivity index (χ2v) is 12.3. The molecule has 1 fully saturated rings. The minimum absolute atomic E-state index is 0.0148. The Balaban J connectivity index is 1.31. The van der Waals surface area contributed by atoms with Crippen molar-refractivity contribution in [2.24, 2.45) is 5.92 Å². The van der Waals surface area contributed by atoms with E-state index in [0.717, 1.165) is 58.9 Å². The van der Waals surface area contributed by atoms with E-state index in [-0.39, 0.29) is 24.0 Å². The average Bonchev–Trinajstić information content (AvgIpc) is 3.26. The van der Waals surface area contributed by atoms with E-state index in [2.05, 4.69) is 59.7 Å². The maximum absolute atomic E-state index is 13.4. The van der Waals surface area contributed by atoms with Crippen molar-refractivity contribution in [1.29, 1.82) is 0 Å². The van der Waals surface area contributed by atoms with E-state index in [0.29, 0.717) is 13.1 Å². The van der Waals surface area contributed by atoms with Gasteiger partial charge in [0.15, 0.2) is 0 Å². The normalized spacial score (nSPS) is 22.8. The van der Waals surface area contributed by atoms with Crippen LogP contribution in [0.4, 0.5) is 22.9 Å². The first kappa shape index (κ1) is 25.1. The fourth-order valence-corrected chi connectivity index (χ4v) is 7.33. The van der Waals surface area contributed by atoms with Crippen molar-refractivity contribution in [3.05, 3.63) is 40.0 Å². The van der Waals surface area contributed by atoms with Crippen LogP contribution in [0.5, 0.6) is 0 Å². The molecule has 1 aromatic carbocycles. The Hall–Kier alpha value is -3.17. The van der Waals surface area contributed by atoms with Gasteiger partial charge >= 0.3 is 0 Å². The molecule has 2 N–H and O–H groups in total. The molecular weight excluding hydrogens is 496 g/mol. The number of nitrogens with zero attached hydrogens (tertiary/aromatic N) is 4. The molecule has 3 aliphatic rings. The van der Waals surface area contributed by atoms with Gasteiger partial charge in [-0.2, -0.15) is 0 Å². The molecule has 3 atom stereocenters. The third-order valence-corrected chi connectivity index (χ3v) is 8.95. The highest BCUT2D eigenvalue weighted by atomic mass is 32.1. The molecule has 4 heterocycles. The number of aromatic nitrogens is 2. The zero-order valence-electron chi connectivity index (χ0n) is 22.8. The van der Waals surface area contributed by atoms with Gasteiger partial charge in [-0.15, -0.1) is 11.3 Å². The van der Waals surface area contributed by atoms with Crippen molar-refractivity contribution in [1.82, 2.24) is 14.9 Å². The molecule has 1 aliphatic carbocycles. The van der Waals surface area contributed by atoms with Gasteiger partial charge in [0.25, 0.3) is 0 Å². The summed E-state index contributed by atoms with van der Waals surface area (Å²) in [5.41, 5.74) is 7.03. The highest BCUT2D eigenvalue weighted by molar-refractivity contribution is 7.19. The third-order valence-electron chi connectivity index (χ3n) is 7.79. The number of ether oxygens (including phenoxy) is 1. The SMILES string of the molecule is CC1=Cc2cc(Nc3ncnc4sc5c(c34)CCC(C(=O)N3CC(C)OC(C)C3)C5)c(N(C)C)cc2NC1. The molecule has 9 heteroatoms. The summed E-state index contributed by atoms with van der Waals surface area (Å²) in [6.45, 7) is 8.47. The summed E-state index contributed by atoms with van der Waals surface area (Å²) < 4.78 is 5.85. The second-order valence-electron chi connectivity index (χ2n) is 11.2. The molecule has 1 saturated heterocycles. The number of morpholine rings is 1. The summed E-state index contributed by atoms with van der Waals surface area (Å²) in [6.07, 6.45) is 6.54. The maximum Gasteiger partial charge on any atom is 0.226 e. The van der Waals surface area contributed by atoms with E-state index < -0.39 is 0 Å². The molecule has 2 aromatic heterocycles. The van der Waals surface area contributed by atoms with Crippen LogP contribution in [0.1, 0.15) is 43.2 Å². The highest BCUT2D eigenvalue weighted by Crippen LogP contribution is 2.42. The molecule has 2 aliphatic heterocycles. The Morgan fingerprint density at radius 2 is 2.00 bits per heavy atom. The second kappa shape index (κ2) is 9.85. The molecule has 0 spiro atoms. The molecule has 0 saturated carbocycles. The van der Waals surface area contributed by atoms with E-state index in [1.54, 1.807) is 17.7 Å². The number of carbonyl (C=O) groups excluding carboxylic acids is 1. The molecule has 3 unspecified atom stereocenters. The topological polar surface area (TPSA) is 82.6 Å². The summed E-state index contributed by atoms with van der Waals surface area (Å²) in [7, 11) is 4.12. The molecule has 38 heavy (non-hydrogen) atoms. The third kappa shape index (κ3) is 4.62. The minimum Gasteiger partial charge on any atom is -0.381 e. The van der Waals surface area contributed by atoms with Crippen LogP contribution in [0.2, 0.25) is 0 Å². The summed E-state index contributed by atoms with van der Waals surface area (Å²) in [5, 5.41) is 8.28. The van der Waals surface area contributed by atoms with Crippen molar-refractivity contribution >= 4 is 56.4 Å². The number of benzene rings is 1. The van der Waals surface area contributed by atoms with Crippen molar-refractivity contribution in [2.75, 3.05) is 49.3 Å². The van der Waals surface area contributed by atoms with E-state index in [1.165, 1.54) is 21.6 Å². The first-order valence-electron chi connectivity index (χ1n) is 13.5. The van der Waals surface area contributed by atoms with Crippen molar-refractivity contribution in [2.45, 2.75) is 52.2 Å². The first-order chi connectivity index (χ1) is 18.3. The van der Waals surface area contributed by atoms with Gasteiger partial charge in [-0.25, -0.2) is 9.97 Å². The zero-order valence-corrected chi connectivity index (χ0v) is 23.6. The number of rotatable bonds is 4. The lowest BCUT2D eigenvalue weighted by atomic mass is 9.86. The van der Waals surface area contributed by atoms with Crippen LogP contribution in [0.3, 0.4) is 0 Å². The molecule has 0 bridgehead atoms. The predicted molar refractivity (Wildman–Crippen MR) is 156 cm³/mol. The smallest absolute Gasteiger partial charge is 0.226 e. The summed E-state index contributed by atoms with van der Waals surface area (Å²) in [5.74, 6) is 1.11. The highest BCUT2D eigenvalue weighted by Gasteiger charge is 2.34. The number of hydrogen-bond donors (Lipinski definition) is 2. The summed E-state index contributed by atoms with van der Waals surface area (Å²) in [6, 6.07) is 4.40. The Labute approximate surface area is 228 Å². The minimum atomic E-state index is 0.0148. The van der Waals surface area contributed by atoms with E-state index in [1.807, 2.05) is 18.7 Å². The summed E-state index contributed by atoms with van der Waals surface area (Å²) in [4.78, 5) is 29.2. The van der Waals surface area contributed by atoms with Crippen molar-refractivity contribution in [3.63, 3.8) is 0 Å². The first-order valence-corrected chi connectivity index (χ1v) is 14.3. The van der Waals surface area contributed by atoms with Gasteiger partial charge < -0.3 is 25.2 Å². The average molecular weight is 533 g/mol. The fourth-order valence-electron chi connectivity index (χ4n) is 6.06. The Kier molecular flexibility index (Phi) is 6.52. The van der Waals surface area contributed by atoms with Gasteiger partial charge in [0.2, 0.25) is 5.91 Å². The lowest BCUT2D eigenvalue weighted by molar-refractivity contribution is -0.147. The number of amides is 1. The van der Waals surface area contributed by atoms with Crippen LogP contribution in [0.15, 0.2) is 24.0 Å². The van der Waals surface area contributed by atoms with E-state index in [4.69, 9.17) is 9.72 Å². The van der Waals surface area contributed by atoms with Gasteiger partial charge in [-0.1, -0.05) is 11.6 Å². The fraction of sp³-hybridized carbons (Fsp3) is 0.483. The molecule has 8 nitrogen and oxygen atoms in total. The van der Waals surface area contributed by atoms with Gasteiger partial charge in [-0.3, -0.25) is 4.79 Å². The molecular formula is C29H36N6O2S. The molecule has 0 radical (unpaired) electrons.